The van der Waals surface area contributed by atoms with Gasteiger partial charge in [-0.3, -0.25) is 4.79 Å². The molecule has 20 heavy (non-hydrogen) atoms. The Morgan fingerprint density at radius 3 is 2.85 bits per heavy atom. The Balaban J connectivity index is 2.90. The van der Waals surface area contributed by atoms with Crippen LogP contribution in [0.25, 0.3) is 0 Å². The molecule has 7 nitrogen and oxygen atoms in total. The molecule has 0 aromatic carbocycles. The van der Waals surface area contributed by atoms with Crippen LogP contribution in [-0.4, -0.2) is 53.7 Å². The number of pyridine rings is 1. The van der Waals surface area contributed by atoms with E-state index in [2.05, 4.69) is 4.98 Å². The number of amides is 1. The Morgan fingerprint density at radius 2 is 2.25 bits per heavy atom. The normalized spacial score (nSPS) is 9.80. The van der Waals surface area contributed by atoms with E-state index < -0.39 is 5.97 Å². The van der Waals surface area contributed by atoms with Gasteiger partial charge in [0.25, 0.3) is 5.91 Å². The third kappa shape index (κ3) is 4.33. The Bertz CT molecular complexity index is 525. The van der Waals surface area contributed by atoms with Crippen LogP contribution in [0.4, 0.5) is 0 Å². The summed E-state index contributed by atoms with van der Waals surface area (Å²) in [6.45, 7) is 0.944. The molecule has 0 fully saturated rings. The van der Waals surface area contributed by atoms with E-state index in [4.69, 9.17) is 15.1 Å². The zero-order chi connectivity index (χ0) is 15.0. The predicted octanol–water partition coefficient (Wildman–Crippen LogP) is 0.782. The molecule has 1 heterocycles. The molecule has 0 unspecified atom stereocenters. The van der Waals surface area contributed by atoms with Crippen molar-refractivity contribution >= 4 is 11.9 Å². The first-order valence-electron chi connectivity index (χ1n) is 5.94. The molecule has 0 aliphatic heterocycles. The number of hydrogen-bond donors (Lipinski definition) is 1. The highest BCUT2D eigenvalue weighted by molar-refractivity contribution is 5.96. The number of carbonyl (C=O) groups excluding carboxylic acids is 1. The molecule has 0 bridgehead atoms. The fraction of sp³-hybridized carbons (Fsp3) is 0.385. The number of nitrogens with zero attached hydrogens (tertiary/aromatic N) is 3. The summed E-state index contributed by atoms with van der Waals surface area (Å²) in [5.41, 5.74) is 0.0364. The second-order valence-corrected chi connectivity index (χ2v) is 3.93. The van der Waals surface area contributed by atoms with Gasteiger partial charge in [-0.2, -0.15) is 5.26 Å². The summed E-state index contributed by atoms with van der Waals surface area (Å²) in [6.07, 6.45) is 1.47. The minimum atomic E-state index is -1.19. The number of aromatic nitrogens is 1. The average Bonchev–Trinajstić information content (AvgIpc) is 2.47. The van der Waals surface area contributed by atoms with E-state index in [0.717, 1.165) is 0 Å². The monoisotopic (exact) mass is 277 g/mol. The summed E-state index contributed by atoms with van der Waals surface area (Å²) < 4.78 is 4.92. The summed E-state index contributed by atoms with van der Waals surface area (Å²) in [5.74, 6) is -1.54. The maximum absolute atomic E-state index is 12.3. The van der Waals surface area contributed by atoms with Crippen LogP contribution < -0.4 is 0 Å². The van der Waals surface area contributed by atoms with Crippen molar-refractivity contribution in [1.82, 2.24) is 9.88 Å². The van der Waals surface area contributed by atoms with E-state index in [1.807, 2.05) is 6.07 Å². The fourth-order valence-electron chi connectivity index (χ4n) is 1.56. The van der Waals surface area contributed by atoms with Gasteiger partial charge in [0.1, 0.15) is 5.69 Å². The molecule has 0 aliphatic rings. The van der Waals surface area contributed by atoms with E-state index in [1.54, 1.807) is 0 Å². The molecule has 0 atom stereocenters. The van der Waals surface area contributed by atoms with Crippen LogP contribution in [0.2, 0.25) is 0 Å². The predicted molar refractivity (Wildman–Crippen MR) is 69.2 cm³/mol. The van der Waals surface area contributed by atoms with E-state index in [1.165, 1.54) is 30.3 Å². The van der Waals surface area contributed by atoms with Crippen LogP contribution in [0.1, 0.15) is 27.3 Å². The van der Waals surface area contributed by atoms with Crippen molar-refractivity contribution < 1.29 is 19.4 Å². The first-order valence-corrected chi connectivity index (χ1v) is 5.94. The Hall–Kier alpha value is -2.46. The Kier molecular flexibility index (Phi) is 6.13. The summed E-state index contributed by atoms with van der Waals surface area (Å²) >= 11 is 0. The van der Waals surface area contributed by atoms with Gasteiger partial charge in [-0.05, 0) is 12.1 Å². The highest BCUT2D eigenvalue weighted by atomic mass is 16.5. The van der Waals surface area contributed by atoms with Gasteiger partial charge >= 0.3 is 5.97 Å². The highest BCUT2D eigenvalue weighted by Gasteiger charge is 2.17. The second-order valence-electron chi connectivity index (χ2n) is 3.93. The smallest absolute Gasteiger partial charge is 0.354 e. The summed E-state index contributed by atoms with van der Waals surface area (Å²) in [6, 6.07) is 4.63. The standard InChI is InChI=1S/C13H15N3O4/c1-20-8-7-16(6-2-4-14)12(17)10-3-5-15-11(9-10)13(18)19/h3,5,9H,2,6-8H2,1H3,(H,18,19). The molecule has 0 radical (unpaired) electrons. The zero-order valence-electron chi connectivity index (χ0n) is 11.1. The van der Waals surface area contributed by atoms with Crippen LogP contribution >= 0.6 is 0 Å². The molecule has 7 heteroatoms. The summed E-state index contributed by atoms with van der Waals surface area (Å²) in [4.78, 5) is 28.2. The second kappa shape index (κ2) is 7.86. The number of rotatable bonds is 7. The summed E-state index contributed by atoms with van der Waals surface area (Å²) in [5, 5.41) is 17.5. The Labute approximate surface area is 116 Å². The number of nitriles is 1. The van der Waals surface area contributed by atoms with Crippen LogP contribution in [0.15, 0.2) is 18.3 Å². The average molecular weight is 277 g/mol. The number of carbonyl (C=O) groups is 2. The largest absolute Gasteiger partial charge is 0.477 e. The number of ether oxygens (including phenoxy) is 1. The van der Waals surface area contributed by atoms with Gasteiger partial charge in [0.2, 0.25) is 0 Å². The molecule has 1 N–H and O–H groups in total. The minimum Gasteiger partial charge on any atom is -0.477 e. The van der Waals surface area contributed by atoms with E-state index in [0.29, 0.717) is 13.2 Å². The molecule has 0 saturated carbocycles. The SMILES string of the molecule is COCCN(CCC#N)C(=O)c1ccnc(C(=O)O)c1. The molecular weight excluding hydrogens is 262 g/mol. The first kappa shape index (κ1) is 15.6. The first-order chi connectivity index (χ1) is 9.60. The minimum absolute atomic E-state index is 0.192. The van der Waals surface area contributed by atoms with Crippen molar-refractivity contribution in [3.63, 3.8) is 0 Å². The maximum atomic E-state index is 12.3. The van der Waals surface area contributed by atoms with E-state index in [9.17, 15) is 9.59 Å². The quantitative estimate of drug-likeness (QED) is 0.790. The zero-order valence-corrected chi connectivity index (χ0v) is 11.1. The van der Waals surface area contributed by atoms with Gasteiger partial charge in [0.05, 0.1) is 19.1 Å². The van der Waals surface area contributed by atoms with Crippen molar-refractivity contribution in [3.05, 3.63) is 29.6 Å². The lowest BCUT2D eigenvalue weighted by Crippen LogP contribution is -2.34. The van der Waals surface area contributed by atoms with Crippen molar-refractivity contribution in [2.45, 2.75) is 6.42 Å². The van der Waals surface area contributed by atoms with Gasteiger partial charge in [-0.15, -0.1) is 0 Å². The molecule has 0 spiro atoms. The summed E-state index contributed by atoms with van der Waals surface area (Å²) in [7, 11) is 1.52. The third-order valence-electron chi connectivity index (χ3n) is 2.57. The molecule has 106 valence electrons. The molecule has 0 saturated heterocycles. The lowest BCUT2D eigenvalue weighted by atomic mass is 10.2. The lowest BCUT2D eigenvalue weighted by molar-refractivity contribution is 0.0690. The number of carboxylic acid groups (broad SMARTS) is 1. The van der Waals surface area contributed by atoms with Crippen molar-refractivity contribution in [1.29, 1.82) is 5.26 Å². The molecule has 1 rings (SSSR count). The molecule has 1 aromatic heterocycles. The fourth-order valence-corrected chi connectivity index (χ4v) is 1.56. The van der Waals surface area contributed by atoms with Crippen LogP contribution in [0.3, 0.4) is 0 Å². The van der Waals surface area contributed by atoms with Crippen molar-refractivity contribution in [3.8, 4) is 6.07 Å². The van der Waals surface area contributed by atoms with Crippen LogP contribution in [0.5, 0.6) is 0 Å². The maximum Gasteiger partial charge on any atom is 0.354 e. The van der Waals surface area contributed by atoms with E-state index in [-0.39, 0.29) is 30.1 Å². The molecular formula is C13H15N3O4. The highest BCUT2D eigenvalue weighted by Crippen LogP contribution is 2.07. The van der Waals surface area contributed by atoms with E-state index >= 15 is 0 Å². The number of aromatic carboxylic acids is 1. The lowest BCUT2D eigenvalue weighted by Gasteiger charge is -2.21. The molecule has 1 aromatic rings. The van der Waals surface area contributed by atoms with Crippen LogP contribution in [0, 0.1) is 11.3 Å². The number of hydrogen-bond acceptors (Lipinski definition) is 5. The topological polar surface area (TPSA) is 104 Å². The van der Waals surface area contributed by atoms with Gasteiger partial charge in [-0.25, -0.2) is 9.78 Å². The van der Waals surface area contributed by atoms with Gasteiger partial charge < -0.3 is 14.7 Å². The van der Waals surface area contributed by atoms with Crippen LogP contribution in [-0.2, 0) is 4.74 Å². The number of carboxylic acids is 1. The molecule has 1 amide bonds. The Morgan fingerprint density at radius 1 is 1.50 bits per heavy atom. The van der Waals surface area contributed by atoms with Crippen molar-refractivity contribution in [2.75, 3.05) is 26.8 Å². The number of methoxy groups -OCH3 is 1. The van der Waals surface area contributed by atoms with Gasteiger partial charge in [0, 0.05) is 32.0 Å². The van der Waals surface area contributed by atoms with Gasteiger partial charge in [0.15, 0.2) is 0 Å². The third-order valence-corrected chi connectivity index (χ3v) is 2.57. The van der Waals surface area contributed by atoms with Crippen molar-refractivity contribution in [2.24, 2.45) is 0 Å². The van der Waals surface area contributed by atoms with Gasteiger partial charge in [-0.1, -0.05) is 0 Å². The molecule has 0 aliphatic carbocycles.